The number of rotatable bonds is 7. The highest BCUT2D eigenvalue weighted by Crippen LogP contribution is 2.23. The summed E-state index contributed by atoms with van der Waals surface area (Å²) in [7, 11) is 3.91. The maximum Gasteiger partial charge on any atom is 0.122 e. The summed E-state index contributed by atoms with van der Waals surface area (Å²) in [5, 5.41) is 0. The van der Waals surface area contributed by atoms with Gasteiger partial charge in [0, 0.05) is 6.54 Å². The molecular formula is C15H25NOS. The molecule has 0 aliphatic heterocycles. The van der Waals surface area contributed by atoms with Crippen molar-refractivity contribution >= 4 is 12.6 Å². The predicted octanol–water partition coefficient (Wildman–Crippen LogP) is 3.11. The number of likely N-dealkylation sites (N-methyl/N-ethyl adjacent to an activating group) is 1. The van der Waals surface area contributed by atoms with E-state index in [2.05, 4.69) is 50.6 Å². The molecule has 0 saturated carbocycles. The zero-order chi connectivity index (χ0) is 13.5. The number of hydrogen-bond donors (Lipinski definition) is 1. The lowest BCUT2D eigenvalue weighted by molar-refractivity contribution is 0.336. The molecule has 0 fully saturated rings. The molecule has 102 valence electrons. The molecule has 1 rings (SSSR count). The van der Waals surface area contributed by atoms with Gasteiger partial charge in [0.1, 0.15) is 5.75 Å². The topological polar surface area (TPSA) is 12.5 Å². The quantitative estimate of drug-likeness (QED) is 0.762. The van der Waals surface area contributed by atoms with Gasteiger partial charge in [-0.15, -0.1) is 0 Å². The van der Waals surface area contributed by atoms with Gasteiger partial charge < -0.3 is 9.64 Å². The number of hydrogen-bond acceptors (Lipinski definition) is 3. The number of nitrogens with zero attached hydrogens (tertiary/aromatic N) is 1. The maximum absolute atomic E-state index is 5.46. The van der Waals surface area contributed by atoms with Gasteiger partial charge >= 0.3 is 0 Å². The molecule has 0 aliphatic carbocycles. The van der Waals surface area contributed by atoms with Crippen molar-refractivity contribution in [2.75, 3.05) is 33.0 Å². The Labute approximate surface area is 117 Å². The van der Waals surface area contributed by atoms with Crippen molar-refractivity contribution in [1.29, 1.82) is 0 Å². The van der Waals surface area contributed by atoms with E-state index in [1.54, 1.807) is 7.11 Å². The summed E-state index contributed by atoms with van der Waals surface area (Å²) in [5.41, 5.74) is 3.93. The summed E-state index contributed by atoms with van der Waals surface area (Å²) < 4.78 is 5.46. The summed E-state index contributed by atoms with van der Waals surface area (Å²) in [6.45, 7) is 6.45. The van der Waals surface area contributed by atoms with Crippen LogP contribution in [0.25, 0.3) is 0 Å². The molecule has 0 heterocycles. The molecule has 18 heavy (non-hydrogen) atoms. The molecule has 0 atom stereocenters. The Bertz CT molecular complexity index is 379. The fraction of sp³-hybridized carbons (Fsp3) is 0.600. The minimum Gasteiger partial charge on any atom is -0.496 e. The third-order valence-corrected chi connectivity index (χ3v) is 3.67. The van der Waals surface area contributed by atoms with Crippen molar-refractivity contribution in [3.63, 3.8) is 0 Å². The van der Waals surface area contributed by atoms with E-state index >= 15 is 0 Å². The molecule has 0 aliphatic rings. The molecular weight excluding hydrogens is 242 g/mol. The normalized spacial score (nSPS) is 11.0. The standard InChI is InChI=1S/C15H25NOS/c1-12-10-14(15(17-4)11-13(12)2)6-8-16(3)7-5-9-18/h10-11,18H,5-9H2,1-4H3. The fourth-order valence-corrected chi connectivity index (χ4v) is 2.14. The molecule has 0 amide bonds. The van der Waals surface area contributed by atoms with E-state index in [4.69, 9.17) is 4.74 Å². The third kappa shape index (κ3) is 4.54. The summed E-state index contributed by atoms with van der Waals surface area (Å²) >= 11 is 4.24. The molecule has 0 radical (unpaired) electrons. The van der Waals surface area contributed by atoms with Gasteiger partial charge in [-0.3, -0.25) is 0 Å². The zero-order valence-corrected chi connectivity index (χ0v) is 12.9. The molecule has 0 aromatic heterocycles. The SMILES string of the molecule is COc1cc(C)c(C)cc1CCN(C)CCCS. The number of methoxy groups -OCH3 is 1. The van der Waals surface area contributed by atoms with Crippen LogP contribution >= 0.6 is 12.6 Å². The summed E-state index contributed by atoms with van der Waals surface area (Å²) in [5.74, 6) is 1.97. The Morgan fingerprint density at radius 3 is 2.44 bits per heavy atom. The fourth-order valence-electron chi connectivity index (χ4n) is 2.00. The van der Waals surface area contributed by atoms with Gasteiger partial charge in [0.25, 0.3) is 0 Å². The average molecular weight is 267 g/mol. The summed E-state index contributed by atoms with van der Waals surface area (Å²) in [6.07, 6.45) is 2.18. The van der Waals surface area contributed by atoms with Crippen molar-refractivity contribution in [2.45, 2.75) is 26.7 Å². The van der Waals surface area contributed by atoms with Crippen molar-refractivity contribution in [1.82, 2.24) is 4.90 Å². The average Bonchev–Trinajstić information content (AvgIpc) is 2.37. The first-order valence-electron chi connectivity index (χ1n) is 6.52. The molecule has 2 nitrogen and oxygen atoms in total. The van der Waals surface area contributed by atoms with Gasteiger partial charge in [-0.05, 0) is 68.8 Å². The number of aryl methyl sites for hydroxylation is 2. The Morgan fingerprint density at radius 1 is 1.17 bits per heavy atom. The van der Waals surface area contributed by atoms with E-state index in [1.165, 1.54) is 16.7 Å². The summed E-state index contributed by atoms with van der Waals surface area (Å²) in [4.78, 5) is 2.35. The van der Waals surface area contributed by atoms with Crippen LogP contribution in [0.5, 0.6) is 5.75 Å². The molecule has 1 aromatic carbocycles. The van der Waals surface area contributed by atoms with Gasteiger partial charge in [-0.2, -0.15) is 12.6 Å². The summed E-state index contributed by atoms with van der Waals surface area (Å²) in [6, 6.07) is 4.39. The minimum absolute atomic E-state index is 0.956. The Hall–Kier alpha value is -0.670. The lowest BCUT2D eigenvalue weighted by Crippen LogP contribution is -2.22. The van der Waals surface area contributed by atoms with Gasteiger partial charge in [0.15, 0.2) is 0 Å². The van der Waals surface area contributed by atoms with Crippen molar-refractivity contribution < 1.29 is 4.74 Å². The van der Waals surface area contributed by atoms with E-state index < -0.39 is 0 Å². The van der Waals surface area contributed by atoms with Crippen LogP contribution in [0.2, 0.25) is 0 Å². The van der Waals surface area contributed by atoms with E-state index in [-0.39, 0.29) is 0 Å². The Morgan fingerprint density at radius 2 is 1.83 bits per heavy atom. The van der Waals surface area contributed by atoms with Gasteiger partial charge in [-0.1, -0.05) is 6.07 Å². The Balaban J connectivity index is 2.63. The number of thiol groups is 1. The molecule has 1 aromatic rings. The van der Waals surface area contributed by atoms with Crippen LogP contribution in [0.15, 0.2) is 12.1 Å². The van der Waals surface area contributed by atoms with Crippen molar-refractivity contribution in [3.05, 3.63) is 28.8 Å². The van der Waals surface area contributed by atoms with Crippen molar-refractivity contribution in [3.8, 4) is 5.75 Å². The van der Waals surface area contributed by atoms with E-state index in [1.807, 2.05) is 0 Å². The van der Waals surface area contributed by atoms with Crippen molar-refractivity contribution in [2.24, 2.45) is 0 Å². The van der Waals surface area contributed by atoms with Crippen LogP contribution in [0.3, 0.4) is 0 Å². The highest BCUT2D eigenvalue weighted by molar-refractivity contribution is 7.80. The molecule has 0 saturated heterocycles. The smallest absolute Gasteiger partial charge is 0.122 e. The predicted molar refractivity (Wildman–Crippen MR) is 82.1 cm³/mol. The van der Waals surface area contributed by atoms with E-state index in [0.29, 0.717) is 0 Å². The van der Waals surface area contributed by atoms with E-state index in [0.717, 1.165) is 37.4 Å². The minimum atomic E-state index is 0.956. The highest BCUT2D eigenvalue weighted by atomic mass is 32.1. The second-order valence-corrected chi connectivity index (χ2v) is 5.33. The lowest BCUT2D eigenvalue weighted by atomic mass is 10.0. The molecule has 0 bridgehead atoms. The zero-order valence-electron chi connectivity index (χ0n) is 12.0. The van der Waals surface area contributed by atoms with Gasteiger partial charge in [0.2, 0.25) is 0 Å². The first-order chi connectivity index (χ1) is 8.58. The second kappa shape index (κ2) is 7.70. The van der Waals surface area contributed by atoms with Crippen LogP contribution in [0.4, 0.5) is 0 Å². The highest BCUT2D eigenvalue weighted by Gasteiger charge is 2.07. The number of benzene rings is 1. The largest absolute Gasteiger partial charge is 0.496 e. The molecule has 0 N–H and O–H groups in total. The molecule has 3 heteroatoms. The Kier molecular flexibility index (Phi) is 6.58. The number of ether oxygens (including phenoxy) is 1. The lowest BCUT2D eigenvalue weighted by Gasteiger charge is -2.18. The van der Waals surface area contributed by atoms with Gasteiger partial charge in [0.05, 0.1) is 7.11 Å². The second-order valence-electron chi connectivity index (χ2n) is 4.88. The van der Waals surface area contributed by atoms with Crippen LogP contribution < -0.4 is 4.74 Å². The first-order valence-corrected chi connectivity index (χ1v) is 7.15. The molecule has 0 unspecified atom stereocenters. The molecule has 0 spiro atoms. The van der Waals surface area contributed by atoms with Gasteiger partial charge in [-0.25, -0.2) is 0 Å². The van der Waals surface area contributed by atoms with E-state index in [9.17, 15) is 0 Å². The maximum atomic E-state index is 5.46. The van der Waals surface area contributed by atoms with Crippen LogP contribution in [-0.2, 0) is 6.42 Å². The van der Waals surface area contributed by atoms with Crippen LogP contribution in [0.1, 0.15) is 23.1 Å². The van der Waals surface area contributed by atoms with Crippen LogP contribution in [0, 0.1) is 13.8 Å². The monoisotopic (exact) mass is 267 g/mol. The van der Waals surface area contributed by atoms with Crippen LogP contribution in [-0.4, -0.2) is 37.9 Å². The third-order valence-electron chi connectivity index (χ3n) is 3.36. The first kappa shape index (κ1) is 15.4.